The van der Waals surface area contributed by atoms with E-state index in [4.69, 9.17) is 5.84 Å². The quantitative estimate of drug-likeness (QED) is 0.649. The van der Waals surface area contributed by atoms with Crippen molar-refractivity contribution in [2.75, 3.05) is 0 Å². The molecule has 1 aliphatic rings. The lowest BCUT2D eigenvalue weighted by molar-refractivity contribution is -0.186. The van der Waals surface area contributed by atoms with Crippen LogP contribution in [0.15, 0.2) is 12.4 Å². The van der Waals surface area contributed by atoms with Crippen LogP contribution < -0.4 is 11.3 Å². The van der Waals surface area contributed by atoms with Crippen LogP contribution in [0.1, 0.15) is 50.6 Å². The number of hydrogen-bond donors (Lipinski definition) is 2. The van der Waals surface area contributed by atoms with Crippen LogP contribution >= 0.6 is 0 Å². The van der Waals surface area contributed by atoms with Gasteiger partial charge in [-0.2, -0.15) is 18.3 Å². The minimum atomic E-state index is -4.11. The topological polar surface area (TPSA) is 55.9 Å². The smallest absolute Gasteiger partial charge is 0.272 e. The van der Waals surface area contributed by atoms with Crippen LogP contribution in [0.3, 0.4) is 0 Å². The first-order chi connectivity index (χ1) is 9.95. The van der Waals surface area contributed by atoms with Crippen molar-refractivity contribution in [1.29, 1.82) is 0 Å². The number of hydrogen-bond acceptors (Lipinski definition) is 3. The molecule has 3 unspecified atom stereocenters. The molecule has 7 heteroatoms. The number of rotatable bonds is 5. The molecule has 0 aliphatic heterocycles. The van der Waals surface area contributed by atoms with Gasteiger partial charge in [0.1, 0.15) is 0 Å². The predicted octanol–water partition coefficient (Wildman–Crippen LogP) is 3.17. The van der Waals surface area contributed by atoms with Gasteiger partial charge in [-0.15, -0.1) is 0 Å². The first-order valence-electron chi connectivity index (χ1n) is 7.51. The van der Waals surface area contributed by atoms with Crippen LogP contribution in [0.25, 0.3) is 0 Å². The number of aromatic nitrogens is 2. The van der Waals surface area contributed by atoms with E-state index in [0.29, 0.717) is 6.42 Å². The molecule has 0 radical (unpaired) electrons. The lowest BCUT2D eigenvalue weighted by Crippen LogP contribution is -2.38. The SMILES string of the molecule is CCCn1cc(C(NN)C2CCCC(C(F)(F)F)C2)cn1. The maximum Gasteiger partial charge on any atom is 0.391 e. The highest BCUT2D eigenvalue weighted by Gasteiger charge is 2.43. The fourth-order valence-corrected chi connectivity index (χ4v) is 3.22. The van der Waals surface area contributed by atoms with E-state index in [0.717, 1.165) is 24.9 Å². The standard InChI is InChI=1S/C14H23F3N4/c1-2-6-21-9-11(8-19-21)13(20-18)10-4-3-5-12(7-10)14(15,16)17/h8-10,12-13,20H,2-7,18H2,1H3. The lowest BCUT2D eigenvalue weighted by atomic mass is 9.76. The molecule has 120 valence electrons. The van der Waals surface area contributed by atoms with Crippen molar-refractivity contribution in [3.05, 3.63) is 18.0 Å². The van der Waals surface area contributed by atoms with Crippen molar-refractivity contribution in [3.8, 4) is 0 Å². The summed E-state index contributed by atoms with van der Waals surface area (Å²) < 4.78 is 40.6. The summed E-state index contributed by atoms with van der Waals surface area (Å²) in [6, 6.07) is -0.263. The zero-order valence-corrected chi connectivity index (χ0v) is 12.2. The molecule has 3 atom stereocenters. The Morgan fingerprint density at radius 3 is 2.86 bits per heavy atom. The van der Waals surface area contributed by atoms with Crippen molar-refractivity contribution < 1.29 is 13.2 Å². The minimum Gasteiger partial charge on any atom is -0.272 e. The van der Waals surface area contributed by atoms with Crippen LogP contribution in [0.2, 0.25) is 0 Å². The maximum atomic E-state index is 12.9. The van der Waals surface area contributed by atoms with Gasteiger partial charge in [-0.1, -0.05) is 13.3 Å². The first kappa shape index (κ1) is 16.3. The second-order valence-corrected chi connectivity index (χ2v) is 5.85. The Kier molecular flexibility index (Phi) is 5.27. The van der Waals surface area contributed by atoms with Gasteiger partial charge in [0.15, 0.2) is 0 Å². The number of nitrogens with two attached hydrogens (primary N) is 1. The normalized spacial score (nSPS) is 25.0. The van der Waals surface area contributed by atoms with Gasteiger partial charge >= 0.3 is 6.18 Å². The summed E-state index contributed by atoms with van der Waals surface area (Å²) in [6.45, 7) is 2.85. The van der Waals surface area contributed by atoms with Gasteiger partial charge in [-0.25, -0.2) is 0 Å². The Balaban J connectivity index is 2.09. The summed E-state index contributed by atoms with van der Waals surface area (Å²) in [7, 11) is 0. The Morgan fingerprint density at radius 2 is 2.24 bits per heavy atom. The molecule has 1 heterocycles. The van der Waals surface area contributed by atoms with Crippen molar-refractivity contribution in [1.82, 2.24) is 15.2 Å². The molecular weight excluding hydrogens is 281 g/mol. The average molecular weight is 304 g/mol. The lowest BCUT2D eigenvalue weighted by Gasteiger charge is -2.34. The first-order valence-corrected chi connectivity index (χ1v) is 7.51. The van der Waals surface area contributed by atoms with Crippen molar-refractivity contribution in [2.24, 2.45) is 17.7 Å². The van der Waals surface area contributed by atoms with E-state index in [2.05, 4.69) is 17.4 Å². The molecular formula is C14H23F3N4. The highest BCUT2D eigenvalue weighted by molar-refractivity contribution is 5.12. The summed E-state index contributed by atoms with van der Waals surface area (Å²) in [6.07, 6.45) is 2.16. The van der Waals surface area contributed by atoms with Crippen LogP contribution in [0.5, 0.6) is 0 Å². The molecule has 2 rings (SSSR count). The molecule has 3 N–H and O–H groups in total. The monoisotopic (exact) mass is 304 g/mol. The maximum absolute atomic E-state index is 12.9. The largest absolute Gasteiger partial charge is 0.391 e. The summed E-state index contributed by atoms with van der Waals surface area (Å²) in [5.74, 6) is 4.29. The van der Waals surface area contributed by atoms with Crippen LogP contribution in [0.4, 0.5) is 13.2 Å². The van der Waals surface area contributed by atoms with Crippen molar-refractivity contribution in [2.45, 2.75) is 57.8 Å². The summed E-state index contributed by atoms with van der Waals surface area (Å²) in [5.41, 5.74) is 3.57. The third kappa shape index (κ3) is 3.97. The predicted molar refractivity (Wildman–Crippen MR) is 74.1 cm³/mol. The van der Waals surface area contributed by atoms with Gasteiger partial charge in [-0.3, -0.25) is 16.0 Å². The number of halogens is 3. The molecule has 0 spiro atoms. The summed E-state index contributed by atoms with van der Waals surface area (Å²) in [4.78, 5) is 0. The van der Waals surface area contributed by atoms with Crippen LogP contribution in [-0.2, 0) is 6.54 Å². The highest BCUT2D eigenvalue weighted by Crippen LogP contribution is 2.43. The molecule has 1 aromatic rings. The van der Waals surface area contributed by atoms with Gasteiger partial charge < -0.3 is 0 Å². The molecule has 1 fully saturated rings. The highest BCUT2D eigenvalue weighted by atomic mass is 19.4. The van der Waals surface area contributed by atoms with E-state index in [9.17, 15) is 13.2 Å². The van der Waals surface area contributed by atoms with Gasteiger partial charge in [0.05, 0.1) is 18.2 Å². The third-order valence-corrected chi connectivity index (χ3v) is 4.29. The van der Waals surface area contributed by atoms with E-state index in [1.807, 2.05) is 10.9 Å². The van der Waals surface area contributed by atoms with Gasteiger partial charge in [-0.05, 0) is 31.6 Å². The Hall–Kier alpha value is -1.08. The number of hydrazine groups is 1. The molecule has 1 aromatic heterocycles. The fraction of sp³-hybridized carbons (Fsp3) is 0.786. The number of nitrogens with zero attached hydrogens (tertiary/aromatic N) is 2. The fourth-order valence-electron chi connectivity index (χ4n) is 3.22. The Bertz CT molecular complexity index is 444. The van der Waals surface area contributed by atoms with E-state index in [1.54, 1.807) is 6.20 Å². The van der Waals surface area contributed by atoms with E-state index in [-0.39, 0.29) is 24.8 Å². The second-order valence-electron chi connectivity index (χ2n) is 5.85. The number of alkyl halides is 3. The molecule has 1 aliphatic carbocycles. The van der Waals surface area contributed by atoms with E-state index < -0.39 is 12.1 Å². The minimum absolute atomic E-state index is 0.102. The van der Waals surface area contributed by atoms with Gasteiger partial charge in [0.2, 0.25) is 0 Å². The van der Waals surface area contributed by atoms with E-state index >= 15 is 0 Å². The molecule has 1 saturated carbocycles. The Labute approximate surface area is 122 Å². The molecule has 21 heavy (non-hydrogen) atoms. The van der Waals surface area contributed by atoms with Gasteiger partial charge in [0.25, 0.3) is 0 Å². The number of aryl methyl sites for hydroxylation is 1. The van der Waals surface area contributed by atoms with Crippen LogP contribution in [-0.4, -0.2) is 16.0 Å². The third-order valence-electron chi connectivity index (χ3n) is 4.29. The zero-order chi connectivity index (χ0) is 15.5. The molecule has 0 aromatic carbocycles. The number of nitrogens with one attached hydrogen (secondary N) is 1. The van der Waals surface area contributed by atoms with Gasteiger partial charge in [0, 0.05) is 18.3 Å². The van der Waals surface area contributed by atoms with Crippen molar-refractivity contribution in [3.63, 3.8) is 0 Å². The molecule has 0 amide bonds. The summed E-state index contributed by atoms with van der Waals surface area (Å²) >= 11 is 0. The van der Waals surface area contributed by atoms with E-state index in [1.165, 1.54) is 0 Å². The molecule has 0 saturated heterocycles. The molecule has 4 nitrogen and oxygen atoms in total. The van der Waals surface area contributed by atoms with Crippen LogP contribution in [0, 0.1) is 11.8 Å². The van der Waals surface area contributed by atoms with Crippen molar-refractivity contribution >= 4 is 0 Å². The zero-order valence-electron chi connectivity index (χ0n) is 12.2. The average Bonchev–Trinajstić information content (AvgIpc) is 2.88. The molecule has 0 bridgehead atoms. The second kappa shape index (κ2) is 6.79. The Morgan fingerprint density at radius 1 is 1.48 bits per heavy atom. The summed E-state index contributed by atoms with van der Waals surface area (Å²) in [5, 5.41) is 4.24.